The van der Waals surface area contributed by atoms with Gasteiger partial charge in [0.2, 0.25) is 0 Å². The third kappa shape index (κ3) is 2.71. The molecular formula is C10H18N4O. The van der Waals surface area contributed by atoms with E-state index in [1.54, 1.807) is 11.7 Å². The molecule has 5 nitrogen and oxygen atoms in total. The molecule has 1 aromatic heterocycles. The van der Waals surface area contributed by atoms with E-state index in [0.29, 0.717) is 5.82 Å². The zero-order chi connectivity index (χ0) is 11.6. The van der Waals surface area contributed by atoms with Crippen LogP contribution in [0.5, 0.6) is 0 Å². The van der Waals surface area contributed by atoms with Crippen molar-refractivity contribution in [1.82, 2.24) is 15.1 Å². The molecule has 0 saturated carbocycles. The molecule has 0 saturated heterocycles. The van der Waals surface area contributed by atoms with Crippen LogP contribution >= 0.6 is 0 Å². The Morgan fingerprint density at radius 2 is 2.07 bits per heavy atom. The highest BCUT2D eigenvalue weighted by Gasteiger charge is 2.19. The number of aryl methyl sites for hydroxylation is 1. The van der Waals surface area contributed by atoms with E-state index < -0.39 is 0 Å². The van der Waals surface area contributed by atoms with Crippen LogP contribution in [0, 0.1) is 6.92 Å². The van der Waals surface area contributed by atoms with E-state index in [4.69, 9.17) is 0 Å². The van der Waals surface area contributed by atoms with Gasteiger partial charge in [-0.25, -0.2) is 9.48 Å². The zero-order valence-corrected chi connectivity index (χ0v) is 9.88. The van der Waals surface area contributed by atoms with Gasteiger partial charge in [-0.3, -0.25) is 5.32 Å². The van der Waals surface area contributed by atoms with Gasteiger partial charge in [0.05, 0.1) is 11.2 Å². The first kappa shape index (κ1) is 11.6. The summed E-state index contributed by atoms with van der Waals surface area (Å²) in [5.41, 5.74) is 0.737. The van der Waals surface area contributed by atoms with Crippen molar-refractivity contribution in [2.75, 3.05) is 12.4 Å². The number of urea groups is 1. The zero-order valence-electron chi connectivity index (χ0n) is 9.88. The Kier molecular flexibility index (Phi) is 3.02. The van der Waals surface area contributed by atoms with Crippen LogP contribution in [0.15, 0.2) is 6.07 Å². The molecule has 0 spiro atoms. The molecule has 0 bridgehead atoms. The van der Waals surface area contributed by atoms with Gasteiger partial charge in [0.1, 0.15) is 5.82 Å². The van der Waals surface area contributed by atoms with E-state index >= 15 is 0 Å². The fraction of sp³-hybridized carbons (Fsp3) is 0.600. The number of amides is 2. The molecule has 15 heavy (non-hydrogen) atoms. The van der Waals surface area contributed by atoms with Crippen LogP contribution in [0.3, 0.4) is 0 Å². The highest BCUT2D eigenvalue weighted by atomic mass is 16.2. The first-order chi connectivity index (χ1) is 6.84. The molecule has 2 N–H and O–H groups in total. The maximum Gasteiger partial charge on any atom is 0.320 e. The van der Waals surface area contributed by atoms with Crippen LogP contribution in [-0.2, 0) is 5.54 Å². The van der Waals surface area contributed by atoms with E-state index in [2.05, 4.69) is 15.7 Å². The SMILES string of the molecule is CNC(=O)Nc1cc(C)nn1C(C)(C)C. The van der Waals surface area contributed by atoms with Crippen molar-refractivity contribution in [3.05, 3.63) is 11.8 Å². The second kappa shape index (κ2) is 3.92. The fourth-order valence-corrected chi connectivity index (χ4v) is 1.28. The summed E-state index contributed by atoms with van der Waals surface area (Å²) >= 11 is 0. The van der Waals surface area contributed by atoms with Crippen LogP contribution in [0.2, 0.25) is 0 Å². The Bertz CT molecular complexity index is 362. The largest absolute Gasteiger partial charge is 0.341 e. The van der Waals surface area contributed by atoms with Gasteiger partial charge in [0, 0.05) is 13.1 Å². The standard InChI is InChI=1S/C10H18N4O/c1-7-6-8(12-9(15)11-5)14(13-7)10(2,3)4/h6H,1-5H3,(H2,11,12,15). The fourth-order valence-electron chi connectivity index (χ4n) is 1.28. The normalized spacial score (nSPS) is 11.3. The second-order valence-electron chi connectivity index (χ2n) is 4.46. The lowest BCUT2D eigenvalue weighted by Crippen LogP contribution is -2.30. The summed E-state index contributed by atoms with van der Waals surface area (Å²) in [5, 5.41) is 9.59. The predicted molar refractivity (Wildman–Crippen MR) is 60.0 cm³/mol. The average molecular weight is 210 g/mol. The van der Waals surface area contributed by atoms with Crippen molar-refractivity contribution in [3.63, 3.8) is 0 Å². The van der Waals surface area contributed by atoms with Crippen LogP contribution in [0.25, 0.3) is 0 Å². The van der Waals surface area contributed by atoms with Crippen molar-refractivity contribution in [3.8, 4) is 0 Å². The summed E-state index contributed by atoms with van der Waals surface area (Å²) < 4.78 is 1.80. The molecule has 1 heterocycles. The van der Waals surface area contributed by atoms with E-state index in [1.807, 2.05) is 33.8 Å². The highest BCUT2D eigenvalue weighted by Crippen LogP contribution is 2.20. The number of carbonyl (C=O) groups excluding carboxylic acids is 1. The molecule has 0 aliphatic heterocycles. The van der Waals surface area contributed by atoms with Crippen LogP contribution in [0.1, 0.15) is 26.5 Å². The van der Waals surface area contributed by atoms with E-state index in [1.165, 1.54) is 0 Å². The molecule has 0 radical (unpaired) electrons. The van der Waals surface area contributed by atoms with Gasteiger partial charge in [-0.05, 0) is 27.7 Å². The van der Waals surface area contributed by atoms with Gasteiger partial charge >= 0.3 is 6.03 Å². The number of hydrogen-bond acceptors (Lipinski definition) is 2. The molecule has 0 aromatic carbocycles. The number of aromatic nitrogens is 2. The first-order valence-corrected chi connectivity index (χ1v) is 4.90. The van der Waals surface area contributed by atoms with E-state index in [9.17, 15) is 4.79 Å². The van der Waals surface area contributed by atoms with Crippen LogP contribution < -0.4 is 10.6 Å². The van der Waals surface area contributed by atoms with Crippen molar-refractivity contribution in [1.29, 1.82) is 0 Å². The number of hydrogen-bond donors (Lipinski definition) is 2. The van der Waals surface area contributed by atoms with Crippen LogP contribution in [0.4, 0.5) is 10.6 Å². The Hall–Kier alpha value is -1.52. The molecule has 0 atom stereocenters. The number of nitrogens with zero attached hydrogens (tertiary/aromatic N) is 2. The smallest absolute Gasteiger partial charge is 0.320 e. The molecule has 0 aliphatic carbocycles. The molecule has 0 fully saturated rings. The summed E-state index contributed by atoms with van der Waals surface area (Å²) in [5.74, 6) is 0.708. The number of nitrogens with one attached hydrogen (secondary N) is 2. The summed E-state index contributed by atoms with van der Waals surface area (Å²) in [7, 11) is 1.58. The summed E-state index contributed by atoms with van der Waals surface area (Å²) in [4.78, 5) is 11.2. The minimum atomic E-state index is -0.236. The third-order valence-corrected chi connectivity index (χ3v) is 1.94. The molecular weight excluding hydrogens is 192 g/mol. The minimum Gasteiger partial charge on any atom is -0.341 e. The third-order valence-electron chi connectivity index (χ3n) is 1.94. The van der Waals surface area contributed by atoms with Crippen molar-refractivity contribution < 1.29 is 4.79 Å². The van der Waals surface area contributed by atoms with Crippen molar-refractivity contribution in [2.24, 2.45) is 0 Å². The lowest BCUT2D eigenvalue weighted by Gasteiger charge is -2.22. The minimum absolute atomic E-state index is 0.148. The molecule has 2 amide bonds. The molecule has 0 aliphatic rings. The maximum atomic E-state index is 11.2. The predicted octanol–water partition coefficient (Wildman–Crippen LogP) is 1.70. The second-order valence-corrected chi connectivity index (χ2v) is 4.46. The number of carbonyl (C=O) groups is 1. The average Bonchev–Trinajstić information content (AvgIpc) is 2.45. The summed E-state index contributed by atoms with van der Waals surface area (Å²) in [6, 6.07) is 1.61. The van der Waals surface area contributed by atoms with E-state index in [0.717, 1.165) is 5.69 Å². The number of rotatable bonds is 1. The Morgan fingerprint density at radius 3 is 2.53 bits per heavy atom. The van der Waals surface area contributed by atoms with Crippen LogP contribution in [-0.4, -0.2) is 22.9 Å². The monoisotopic (exact) mass is 210 g/mol. The first-order valence-electron chi connectivity index (χ1n) is 4.90. The van der Waals surface area contributed by atoms with Gasteiger partial charge in [0.25, 0.3) is 0 Å². The van der Waals surface area contributed by atoms with Gasteiger partial charge in [-0.15, -0.1) is 0 Å². The highest BCUT2D eigenvalue weighted by molar-refractivity contribution is 5.88. The molecule has 84 valence electrons. The van der Waals surface area contributed by atoms with E-state index in [-0.39, 0.29) is 11.6 Å². The lowest BCUT2D eigenvalue weighted by atomic mass is 10.1. The maximum absolute atomic E-state index is 11.2. The van der Waals surface area contributed by atoms with Crippen molar-refractivity contribution >= 4 is 11.8 Å². The quantitative estimate of drug-likeness (QED) is 0.741. The molecule has 5 heteroatoms. The van der Waals surface area contributed by atoms with Gasteiger partial charge < -0.3 is 5.32 Å². The molecule has 0 unspecified atom stereocenters. The van der Waals surface area contributed by atoms with Gasteiger partial charge in [-0.2, -0.15) is 5.10 Å². The van der Waals surface area contributed by atoms with Gasteiger partial charge in [0.15, 0.2) is 0 Å². The molecule has 1 rings (SSSR count). The van der Waals surface area contributed by atoms with Crippen molar-refractivity contribution in [2.45, 2.75) is 33.2 Å². The lowest BCUT2D eigenvalue weighted by molar-refractivity contribution is 0.253. The summed E-state index contributed by atoms with van der Waals surface area (Å²) in [6.07, 6.45) is 0. The Balaban J connectivity index is 3.02. The summed E-state index contributed by atoms with van der Waals surface area (Å²) in [6.45, 7) is 8.01. The number of anilines is 1. The van der Waals surface area contributed by atoms with Gasteiger partial charge in [-0.1, -0.05) is 0 Å². The Morgan fingerprint density at radius 1 is 1.47 bits per heavy atom. The molecule has 1 aromatic rings. The Labute approximate surface area is 89.9 Å². The topological polar surface area (TPSA) is 59.0 Å².